The Hall–Kier alpha value is -0.990. The maximum atomic E-state index is 4.52. The van der Waals surface area contributed by atoms with Crippen molar-refractivity contribution in [3.63, 3.8) is 0 Å². The van der Waals surface area contributed by atoms with E-state index in [1.54, 1.807) is 0 Å². The van der Waals surface area contributed by atoms with Gasteiger partial charge >= 0.3 is 0 Å². The van der Waals surface area contributed by atoms with Gasteiger partial charge in [0.05, 0.1) is 0 Å². The SMILES string of the molecule is CCC(CC)Nc1ccn(CCC(C)C)n1. The predicted molar refractivity (Wildman–Crippen MR) is 69.7 cm³/mol. The molecule has 0 saturated carbocycles. The Kier molecular flexibility index (Phi) is 5.36. The number of hydrogen-bond donors (Lipinski definition) is 1. The summed E-state index contributed by atoms with van der Waals surface area (Å²) in [6.07, 6.45) is 5.55. The number of aromatic nitrogens is 2. The third-order valence-electron chi connectivity index (χ3n) is 2.91. The fourth-order valence-corrected chi connectivity index (χ4v) is 1.66. The zero-order chi connectivity index (χ0) is 12.0. The summed E-state index contributed by atoms with van der Waals surface area (Å²) in [5, 5.41) is 7.98. The molecule has 1 heterocycles. The average molecular weight is 223 g/mol. The fraction of sp³-hybridized carbons (Fsp3) is 0.769. The molecular weight excluding hydrogens is 198 g/mol. The van der Waals surface area contributed by atoms with Crippen LogP contribution in [-0.2, 0) is 6.54 Å². The minimum Gasteiger partial charge on any atom is -0.366 e. The van der Waals surface area contributed by atoms with E-state index >= 15 is 0 Å². The van der Waals surface area contributed by atoms with Gasteiger partial charge in [0, 0.05) is 24.8 Å². The molecule has 0 bridgehead atoms. The van der Waals surface area contributed by atoms with Crippen LogP contribution in [-0.4, -0.2) is 15.8 Å². The zero-order valence-corrected chi connectivity index (χ0v) is 11.0. The van der Waals surface area contributed by atoms with E-state index < -0.39 is 0 Å². The predicted octanol–water partition coefficient (Wildman–Crippen LogP) is 3.53. The molecule has 0 unspecified atom stereocenters. The average Bonchev–Trinajstić information content (AvgIpc) is 2.70. The first-order valence-electron chi connectivity index (χ1n) is 6.45. The first kappa shape index (κ1) is 13.1. The summed E-state index contributed by atoms with van der Waals surface area (Å²) >= 11 is 0. The molecular formula is C13H25N3. The zero-order valence-electron chi connectivity index (χ0n) is 11.0. The summed E-state index contributed by atoms with van der Waals surface area (Å²) in [5.41, 5.74) is 0. The number of nitrogens with zero attached hydrogens (tertiary/aromatic N) is 2. The Morgan fingerprint density at radius 2 is 2.00 bits per heavy atom. The molecule has 92 valence electrons. The van der Waals surface area contributed by atoms with E-state index in [0.717, 1.165) is 31.1 Å². The molecule has 1 aromatic heterocycles. The minimum atomic E-state index is 0.549. The molecule has 0 aliphatic carbocycles. The van der Waals surface area contributed by atoms with Gasteiger partial charge in [0.15, 0.2) is 0 Å². The lowest BCUT2D eigenvalue weighted by Gasteiger charge is -2.13. The fourth-order valence-electron chi connectivity index (χ4n) is 1.66. The summed E-state index contributed by atoms with van der Waals surface area (Å²) in [7, 11) is 0. The van der Waals surface area contributed by atoms with Crippen LogP contribution in [0.25, 0.3) is 0 Å². The molecule has 3 heteroatoms. The lowest BCUT2D eigenvalue weighted by atomic mass is 10.1. The molecule has 0 atom stereocenters. The summed E-state index contributed by atoms with van der Waals surface area (Å²) < 4.78 is 2.03. The Morgan fingerprint density at radius 1 is 1.31 bits per heavy atom. The molecule has 0 spiro atoms. The monoisotopic (exact) mass is 223 g/mol. The second-order valence-corrected chi connectivity index (χ2v) is 4.80. The van der Waals surface area contributed by atoms with E-state index in [1.165, 1.54) is 6.42 Å². The number of anilines is 1. The molecule has 0 aromatic carbocycles. The van der Waals surface area contributed by atoms with Gasteiger partial charge in [-0.3, -0.25) is 4.68 Å². The van der Waals surface area contributed by atoms with Crippen molar-refractivity contribution in [3.05, 3.63) is 12.3 Å². The van der Waals surface area contributed by atoms with Crippen molar-refractivity contribution >= 4 is 5.82 Å². The van der Waals surface area contributed by atoms with Crippen LogP contribution in [0.2, 0.25) is 0 Å². The molecule has 0 aliphatic heterocycles. The molecule has 3 nitrogen and oxygen atoms in total. The molecule has 1 N–H and O–H groups in total. The van der Waals surface area contributed by atoms with E-state index in [0.29, 0.717) is 6.04 Å². The normalized spacial score (nSPS) is 11.4. The van der Waals surface area contributed by atoms with Crippen LogP contribution in [0.1, 0.15) is 47.0 Å². The highest BCUT2D eigenvalue weighted by atomic mass is 15.3. The van der Waals surface area contributed by atoms with E-state index in [1.807, 2.05) is 4.68 Å². The Balaban J connectivity index is 2.44. The molecule has 1 aromatic rings. The van der Waals surface area contributed by atoms with Crippen LogP contribution >= 0.6 is 0 Å². The van der Waals surface area contributed by atoms with Gasteiger partial charge in [-0.25, -0.2) is 0 Å². The van der Waals surface area contributed by atoms with Gasteiger partial charge in [0.1, 0.15) is 5.82 Å². The molecule has 0 fully saturated rings. The second-order valence-electron chi connectivity index (χ2n) is 4.80. The van der Waals surface area contributed by atoms with E-state index in [-0.39, 0.29) is 0 Å². The highest BCUT2D eigenvalue weighted by molar-refractivity contribution is 5.33. The maximum absolute atomic E-state index is 4.52. The number of hydrogen-bond acceptors (Lipinski definition) is 2. The smallest absolute Gasteiger partial charge is 0.148 e. The van der Waals surface area contributed by atoms with Crippen molar-refractivity contribution in [3.8, 4) is 0 Å². The van der Waals surface area contributed by atoms with Gasteiger partial charge in [0.2, 0.25) is 0 Å². The number of aryl methyl sites for hydroxylation is 1. The lowest BCUT2D eigenvalue weighted by molar-refractivity contribution is 0.487. The van der Waals surface area contributed by atoms with Crippen molar-refractivity contribution in [2.24, 2.45) is 5.92 Å². The highest BCUT2D eigenvalue weighted by Gasteiger charge is 2.05. The standard InChI is InChI=1S/C13H25N3/c1-5-12(6-2)14-13-8-10-16(15-13)9-7-11(3)4/h8,10-12H,5-7,9H2,1-4H3,(H,14,15). The van der Waals surface area contributed by atoms with Crippen molar-refractivity contribution in [2.75, 3.05) is 5.32 Å². The molecule has 0 saturated heterocycles. The van der Waals surface area contributed by atoms with Gasteiger partial charge in [0.25, 0.3) is 0 Å². The molecule has 16 heavy (non-hydrogen) atoms. The molecule has 1 rings (SSSR count). The van der Waals surface area contributed by atoms with Crippen molar-refractivity contribution in [1.29, 1.82) is 0 Å². The van der Waals surface area contributed by atoms with E-state index in [4.69, 9.17) is 0 Å². The number of nitrogens with one attached hydrogen (secondary N) is 1. The Labute approximate surface area is 99.2 Å². The Morgan fingerprint density at radius 3 is 2.56 bits per heavy atom. The topological polar surface area (TPSA) is 29.9 Å². The van der Waals surface area contributed by atoms with Crippen molar-refractivity contribution < 1.29 is 0 Å². The van der Waals surface area contributed by atoms with Gasteiger partial charge in [-0.1, -0.05) is 27.7 Å². The first-order valence-corrected chi connectivity index (χ1v) is 6.45. The van der Waals surface area contributed by atoms with Gasteiger partial charge in [-0.2, -0.15) is 5.10 Å². The van der Waals surface area contributed by atoms with Crippen molar-refractivity contribution in [2.45, 2.75) is 59.5 Å². The summed E-state index contributed by atoms with van der Waals surface area (Å²) in [6.45, 7) is 9.91. The molecule has 0 aliphatic rings. The lowest BCUT2D eigenvalue weighted by Crippen LogP contribution is -2.17. The van der Waals surface area contributed by atoms with Crippen LogP contribution in [0.4, 0.5) is 5.82 Å². The summed E-state index contributed by atoms with van der Waals surface area (Å²) in [5.74, 6) is 1.75. The largest absolute Gasteiger partial charge is 0.366 e. The summed E-state index contributed by atoms with van der Waals surface area (Å²) in [6, 6.07) is 2.62. The van der Waals surface area contributed by atoms with Crippen LogP contribution in [0.5, 0.6) is 0 Å². The first-order chi connectivity index (χ1) is 7.65. The van der Waals surface area contributed by atoms with Gasteiger partial charge < -0.3 is 5.32 Å². The highest BCUT2D eigenvalue weighted by Crippen LogP contribution is 2.10. The quantitative estimate of drug-likeness (QED) is 0.766. The van der Waals surface area contributed by atoms with E-state index in [2.05, 4.69) is 50.4 Å². The van der Waals surface area contributed by atoms with Gasteiger partial charge in [-0.15, -0.1) is 0 Å². The summed E-state index contributed by atoms with van der Waals surface area (Å²) in [4.78, 5) is 0. The third-order valence-corrected chi connectivity index (χ3v) is 2.91. The van der Waals surface area contributed by atoms with Crippen LogP contribution in [0.3, 0.4) is 0 Å². The maximum Gasteiger partial charge on any atom is 0.148 e. The van der Waals surface area contributed by atoms with Crippen LogP contribution in [0.15, 0.2) is 12.3 Å². The van der Waals surface area contributed by atoms with Crippen molar-refractivity contribution in [1.82, 2.24) is 9.78 Å². The van der Waals surface area contributed by atoms with Gasteiger partial charge in [-0.05, 0) is 25.2 Å². The van der Waals surface area contributed by atoms with E-state index in [9.17, 15) is 0 Å². The van der Waals surface area contributed by atoms with Crippen LogP contribution in [0, 0.1) is 5.92 Å². The second kappa shape index (κ2) is 6.56. The molecule has 0 radical (unpaired) electrons. The molecule has 0 amide bonds. The third kappa shape index (κ3) is 4.25. The minimum absolute atomic E-state index is 0.549. The Bertz CT molecular complexity index is 287. The number of rotatable bonds is 7. The van der Waals surface area contributed by atoms with Crippen LogP contribution < -0.4 is 5.32 Å².